The summed E-state index contributed by atoms with van der Waals surface area (Å²) in [5.74, 6) is 0.886. The van der Waals surface area contributed by atoms with Crippen LogP contribution in [0.15, 0.2) is 64.4 Å². The first kappa shape index (κ1) is 18.7. The fourth-order valence-corrected chi connectivity index (χ4v) is 6.76. The van der Waals surface area contributed by atoms with Crippen LogP contribution in [0.5, 0.6) is 0 Å². The van der Waals surface area contributed by atoms with Gasteiger partial charge in [0.1, 0.15) is 17.0 Å². The number of anilines is 1. The van der Waals surface area contributed by atoms with E-state index in [2.05, 4.69) is 31.7 Å². The average Bonchev–Trinajstić information content (AvgIpc) is 3.44. The smallest absolute Gasteiger partial charge is 0.243 e. The van der Waals surface area contributed by atoms with E-state index in [4.69, 9.17) is 0 Å². The van der Waals surface area contributed by atoms with Gasteiger partial charge < -0.3 is 4.90 Å². The van der Waals surface area contributed by atoms with E-state index < -0.39 is 10.0 Å². The Bertz CT molecular complexity index is 1230. The molecule has 3 aromatic heterocycles. The molecule has 0 atom stereocenters. The Hall–Kier alpha value is -2.33. The van der Waals surface area contributed by atoms with Gasteiger partial charge >= 0.3 is 0 Å². The van der Waals surface area contributed by atoms with Crippen molar-refractivity contribution in [1.82, 2.24) is 14.3 Å². The van der Waals surface area contributed by atoms with Gasteiger partial charge in [-0.3, -0.25) is 0 Å². The first-order chi connectivity index (χ1) is 14.1. The number of sulfonamides is 1. The molecule has 148 valence electrons. The van der Waals surface area contributed by atoms with E-state index in [0.717, 1.165) is 21.6 Å². The Labute approximate surface area is 177 Å². The predicted octanol–water partition coefficient (Wildman–Crippen LogP) is 3.93. The molecule has 6 nitrogen and oxygen atoms in total. The van der Waals surface area contributed by atoms with Crippen LogP contribution < -0.4 is 4.90 Å². The van der Waals surface area contributed by atoms with E-state index >= 15 is 0 Å². The number of hydrogen-bond donors (Lipinski definition) is 0. The van der Waals surface area contributed by atoms with Crippen LogP contribution >= 0.6 is 22.7 Å². The fourth-order valence-electron chi connectivity index (χ4n) is 3.59. The van der Waals surface area contributed by atoms with Crippen molar-refractivity contribution < 1.29 is 8.42 Å². The molecule has 0 radical (unpaired) electrons. The largest absolute Gasteiger partial charge is 0.353 e. The summed E-state index contributed by atoms with van der Waals surface area (Å²) in [5, 5.41) is 5.25. The minimum atomic E-state index is -3.47. The molecule has 0 saturated carbocycles. The van der Waals surface area contributed by atoms with Crippen LogP contribution in [0, 0.1) is 0 Å². The number of fused-ring (bicyclic) bond motifs is 1. The Kier molecular flexibility index (Phi) is 4.83. The number of thiophene rings is 2. The Morgan fingerprint density at radius 2 is 1.69 bits per heavy atom. The second kappa shape index (κ2) is 7.49. The fraction of sp³-hybridized carbons (Fsp3) is 0.200. The topological polar surface area (TPSA) is 66.4 Å². The highest BCUT2D eigenvalue weighted by Gasteiger charge is 2.30. The van der Waals surface area contributed by atoms with Crippen molar-refractivity contribution in [2.75, 3.05) is 31.1 Å². The zero-order chi connectivity index (χ0) is 19.8. The quantitative estimate of drug-likeness (QED) is 0.479. The molecule has 9 heteroatoms. The van der Waals surface area contributed by atoms with Gasteiger partial charge in [0.15, 0.2) is 0 Å². The Morgan fingerprint density at radius 1 is 0.897 bits per heavy atom. The van der Waals surface area contributed by atoms with Crippen LogP contribution in [0.25, 0.3) is 20.7 Å². The van der Waals surface area contributed by atoms with Gasteiger partial charge in [0.25, 0.3) is 0 Å². The summed E-state index contributed by atoms with van der Waals surface area (Å²) in [5.41, 5.74) is 1.15. The van der Waals surface area contributed by atoms with Crippen LogP contribution in [0.2, 0.25) is 0 Å². The molecule has 1 aliphatic rings. The molecule has 0 aliphatic carbocycles. The number of aromatic nitrogens is 2. The zero-order valence-corrected chi connectivity index (χ0v) is 17.9. The molecular weight excluding hydrogens is 424 g/mol. The standard InChI is InChI=1S/C20H18N4O2S3/c25-29(26,15-5-2-1-3-6-15)24-10-8-23(9-11-24)19-18-16(17-7-4-12-27-17)13-28-20(18)22-14-21-19/h1-7,12-14H,8-11H2. The van der Waals surface area contributed by atoms with Gasteiger partial charge in [0, 0.05) is 42.0 Å². The summed E-state index contributed by atoms with van der Waals surface area (Å²) in [6, 6.07) is 12.8. The third-order valence-electron chi connectivity index (χ3n) is 5.06. The van der Waals surface area contributed by atoms with E-state index in [1.807, 2.05) is 12.1 Å². The molecule has 0 amide bonds. The molecule has 0 N–H and O–H groups in total. The minimum Gasteiger partial charge on any atom is -0.353 e. The summed E-state index contributed by atoms with van der Waals surface area (Å²) in [4.78, 5) is 13.7. The van der Waals surface area contributed by atoms with Crippen LogP contribution in [-0.2, 0) is 10.0 Å². The van der Waals surface area contributed by atoms with Crippen LogP contribution in [0.4, 0.5) is 5.82 Å². The molecule has 0 bridgehead atoms. The average molecular weight is 443 g/mol. The highest BCUT2D eigenvalue weighted by atomic mass is 32.2. The van der Waals surface area contributed by atoms with E-state index in [9.17, 15) is 8.42 Å². The van der Waals surface area contributed by atoms with E-state index in [1.165, 1.54) is 4.88 Å². The third kappa shape index (κ3) is 3.33. The molecule has 4 aromatic rings. The van der Waals surface area contributed by atoms with Crippen molar-refractivity contribution in [3.63, 3.8) is 0 Å². The van der Waals surface area contributed by atoms with E-state index in [0.29, 0.717) is 31.1 Å². The second-order valence-corrected chi connectivity index (χ2v) is 10.5. The van der Waals surface area contributed by atoms with Crippen LogP contribution in [-0.4, -0.2) is 48.9 Å². The van der Waals surface area contributed by atoms with Crippen molar-refractivity contribution in [2.24, 2.45) is 0 Å². The SMILES string of the molecule is O=S(=O)(c1ccccc1)N1CCN(c2ncnc3scc(-c4cccs4)c23)CC1. The van der Waals surface area contributed by atoms with Crippen LogP contribution in [0.1, 0.15) is 0 Å². The maximum absolute atomic E-state index is 12.9. The number of hydrogen-bond acceptors (Lipinski definition) is 7. The van der Waals surface area contributed by atoms with Gasteiger partial charge in [0.2, 0.25) is 10.0 Å². The summed E-state index contributed by atoms with van der Waals surface area (Å²) in [6.45, 7) is 2.05. The normalized spacial score (nSPS) is 15.8. The van der Waals surface area contributed by atoms with Crippen molar-refractivity contribution in [2.45, 2.75) is 4.90 Å². The molecule has 1 saturated heterocycles. The zero-order valence-electron chi connectivity index (χ0n) is 15.4. The number of piperazine rings is 1. The molecule has 4 heterocycles. The van der Waals surface area contributed by atoms with Gasteiger partial charge in [-0.1, -0.05) is 24.3 Å². The lowest BCUT2D eigenvalue weighted by molar-refractivity contribution is 0.384. The van der Waals surface area contributed by atoms with Gasteiger partial charge in [-0.05, 0) is 23.6 Å². The lowest BCUT2D eigenvalue weighted by Gasteiger charge is -2.35. The number of nitrogens with zero attached hydrogens (tertiary/aromatic N) is 4. The molecule has 1 aromatic carbocycles. The van der Waals surface area contributed by atoms with Crippen molar-refractivity contribution in [3.05, 3.63) is 59.6 Å². The highest BCUT2D eigenvalue weighted by molar-refractivity contribution is 7.89. The maximum atomic E-state index is 12.9. The van der Waals surface area contributed by atoms with Crippen molar-refractivity contribution >= 4 is 48.7 Å². The molecule has 5 rings (SSSR count). The summed E-state index contributed by atoms with van der Waals surface area (Å²) in [6.07, 6.45) is 1.60. The highest BCUT2D eigenvalue weighted by Crippen LogP contribution is 2.39. The molecule has 0 unspecified atom stereocenters. The molecule has 0 spiro atoms. The first-order valence-electron chi connectivity index (χ1n) is 9.21. The minimum absolute atomic E-state index is 0.343. The monoisotopic (exact) mass is 442 g/mol. The van der Waals surface area contributed by atoms with Gasteiger partial charge in [0.05, 0.1) is 10.3 Å². The first-order valence-corrected chi connectivity index (χ1v) is 12.4. The number of benzene rings is 1. The number of rotatable bonds is 4. The van der Waals surface area contributed by atoms with Gasteiger partial charge in [-0.15, -0.1) is 22.7 Å². The maximum Gasteiger partial charge on any atom is 0.243 e. The van der Waals surface area contributed by atoms with Crippen LogP contribution in [0.3, 0.4) is 0 Å². The molecular formula is C20H18N4O2S3. The molecule has 1 aliphatic heterocycles. The summed E-state index contributed by atoms with van der Waals surface area (Å²) >= 11 is 3.31. The Balaban J connectivity index is 1.43. The van der Waals surface area contributed by atoms with Crippen molar-refractivity contribution in [1.29, 1.82) is 0 Å². The van der Waals surface area contributed by atoms with Gasteiger partial charge in [-0.2, -0.15) is 4.31 Å². The lowest BCUT2D eigenvalue weighted by Crippen LogP contribution is -2.49. The third-order valence-corrected chi connectivity index (χ3v) is 8.76. The second-order valence-electron chi connectivity index (χ2n) is 6.71. The lowest BCUT2D eigenvalue weighted by atomic mass is 10.2. The van der Waals surface area contributed by atoms with Gasteiger partial charge in [-0.25, -0.2) is 18.4 Å². The van der Waals surface area contributed by atoms with E-state index in [-0.39, 0.29) is 0 Å². The molecule has 1 fully saturated rings. The molecule has 29 heavy (non-hydrogen) atoms. The van der Waals surface area contributed by atoms with E-state index in [1.54, 1.807) is 57.6 Å². The summed E-state index contributed by atoms with van der Waals surface area (Å²) in [7, 11) is -3.47. The van der Waals surface area contributed by atoms with Crippen molar-refractivity contribution in [3.8, 4) is 10.4 Å². The Morgan fingerprint density at radius 3 is 2.41 bits per heavy atom. The summed E-state index contributed by atoms with van der Waals surface area (Å²) < 4.78 is 27.4. The predicted molar refractivity (Wildman–Crippen MR) is 118 cm³/mol.